The topological polar surface area (TPSA) is 47.7 Å². The molecule has 0 radical (unpaired) electrons. The van der Waals surface area contributed by atoms with Crippen molar-refractivity contribution in [2.24, 2.45) is 5.92 Å². The van der Waals surface area contributed by atoms with E-state index < -0.39 is 0 Å². The summed E-state index contributed by atoms with van der Waals surface area (Å²) < 4.78 is 17.6. The van der Waals surface area contributed by atoms with E-state index in [1.807, 2.05) is 19.9 Å². The van der Waals surface area contributed by atoms with E-state index in [1.165, 1.54) is 0 Å². The molecule has 0 bridgehead atoms. The van der Waals surface area contributed by atoms with E-state index >= 15 is 0 Å². The Kier molecular flexibility index (Phi) is 4.24. The minimum Gasteiger partial charge on any atom is -0.465 e. The second kappa shape index (κ2) is 6.36. The number of aromatic nitrogens is 1. The predicted molar refractivity (Wildman–Crippen MR) is 87.4 cm³/mol. The van der Waals surface area contributed by atoms with E-state index in [-0.39, 0.29) is 6.10 Å². The SMILES string of the molecule is Cc1ccc(CN2C[C@@H](OCc3csc(C)n3)[C@H]3COC[C@H]32)o1. The minimum absolute atomic E-state index is 0.209. The standard InChI is InChI=1S/C17H22N2O3S/c1-11-3-4-14(22-11)5-19-6-17(15-8-20-9-16(15)19)21-7-13-10-23-12(2)18-13/h3-4,10,15-17H,5-9H2,1-2H3/t15-,16+,17+/m0/s1. The maximum absolute atomic E-state index is 6.18. The fraction of sp³-hybridized carbons (Fsp3) is 0.588. The van der Waals surface area contributed by atoms with Crippen LogP contribution in [0, 0.1) is 19.8 Å². The van der Waals surface area contributed by atoms with Crippen molar-refractivity contribution in [1.29, 1.82) is 0 Å². The van der Waals surface area contributed by atoms with Crippen LogP contribution in [0.1, 0.15) is 22.2 Å². The molecule has 2 fully saturated rings. The van der Waals surface area contributed by atoms with Gasteiger partial charge in [-0.05, 0) is 26.0 Å². The van der Waals surface area contributed by atoms with Gasteiger partial charge in [0.15, 0.2) is 0 Å². The van der Waals surface area contributed by atoms with Crippen LogP contribution in [0.4, 0.5) is 0 Å². The van der Waals surface area contributed by atoms with Gasteiger partial charge in [-0.15, -0.1) is 11.3 Å². The first kappa shape index (κ1) is 15.3. The number of thiazole rings is 1. The molecular formula is C17H22N2O3S. The van der Waals surface area contributed by atoms with Gasteiger partial charge in [0, 0.05) is 23.9 Å². The molecule has 0 aliphatic carbocycles. The molecule has 4 rings (SSSR count). The zero-order valence-electron chi connectivity index (χ0n) is 13.5. The second-order valence-corrected chi connectivity index (χ2v) is 7.48. The average molecular weight is 334 g/mol. The third-order valence-electron chi connectivity index (χ3n) is 4.72. The molecule has 124 valence electrons. The number of rotatable bonds is 5. The van der Waals surface area contributed by atoms with E-state index in [0.717, 1.165) is 48.5 Å². The van der Waals surface area contributed by atoms with Crippen LogP contribution in [-0.4, -0.2) is 41.8 Å². The van der Waals surface area contributed by atoms with Gasteiger partial charge in [0.2, 0.25) is 0 Å². The summed E-state index contributed by atoms with van der Waals surface area (Å²) in [6.07, 6.45) is 0.209. The number of nitrogens with zero attached hydrogens (tertiary/aromatic N) is 2. The van der Waals surface area contributed by atoms with Crippen LogP contribution in [0.5, 0.6) is 0 Å². The third kappa shape index (κ3) is 3.21. The summed E-state index contributed by atoms with van der Waals surface area (Å²) in [5.41, 5.74) is 1.03. The first-order chi connectivity index (χ1) is 11.2. The van der Waals surface area contributed by atoms with Gasteiger partial charge in [-0.2, -0.15) is 0 Å². The molecule has 3 atom stereocenters. The highest BCUT2D eigenvalue weighted by Crippen LogP contribution is 2.33. The molecule has 0 unspecified atom stereocenters. The molecule has 2 aromatic rings. The van der Waals surface area contributed by atoms with Crippen molar-refractivity contribution in [1.82, 2.24) is 9.88 Å². The van der Waals surface area contributed by atoms with Gasteiger partial charge in [-0.25, -0.2) is 4.98 Å². The second-order valence-electron chi connectivity index (χ2n) is 6.42. The summed E-state index contributed by atoms with van der Waals surface area (Å²) in [5, 5.41) is 3.17. The van der Waals surface area contributed by atoms with E-state index in [1.54, 1.807) is 11.3 Å². The number of hydrogen-bond acceptors (Lipinski definition) is 6. The summed E-state index contributed by atoms with van der Waals surface area (Å²) in [6, 6.07) is 4.52. The Morgan fingerprint density at radius 3 is 3.00 bits per heavy atom. The first-order valence-corrected chi connectivity index (χ1v) is 8.97. The molecule has 2 aromatic heterocycles. The van der Waals surface area contributed by atoms with Crippen molar-refractivity contribution < 1.29 is 13.9 Å². The Morgan fingerprint density at radius 1 is 1.35 bits per heavy atom. The Bertz CT molecular complexity index is 668. The monoisotopic (exact) mass is 334 g/mol. The molecule has 0 spiro atoms. The van der Waals surface area contributed by atoms with Crippen molar-refractivity contribution in [2.75, 3.05) is 19.8 Å². The van der Waals surface area contributed by atoms with Crippen LogP contribution in [0.25, 0.3) is 0 Å². The molecule has 4 heterocycles. The molecule has 0 amide bonds. The van der Waals surface area contributed by atoms with Crippen LogP contribution >= 0.6 is 11.3 Å². The van der Waals surface area contributed by atoms with Crippen LogP contribution in [-0.2, 0) is 22.6 Å². The normalized spacial score (nSPS) is 27.7. The minimum atomic E-state index is 0.209. The summed E-state index contributed by atoms with van der Waals surface area (Å²) in [6.45, 7) is 7.94. The lowest BCUT2D eigenvalue weighted by Gasteiger charge is -2.20. The molecule has 0 saturated carbocycles. The molecule has 0 N–H and O–H groups in total. The first-order valence-electron chi connectivity index (χ1n) is 8.09. The van der Waals surface area contributed by atoms with E-state index in [0.29, 0.717) is 18.6 Å². The molecule has 23 heavy (non-hydrogen) atoms. The Hall–Kier alpha value is -1.21. The number of likely N-dealkylation sites (tertiary alicyclic amines) is 1. The molecule has 2 aliphatic heterocycles. The third-order valence-corrected chi connectivity index (χ3v) is 5.54. The van der Waals surface area contributed by atoms with Crippen LogP contribution in [0.3, 0.4) is 0 Å². The van der Waals surface area contributed by atoms with Gasteiger partial charge < -0.3 is 13.9 Å². The highest BCUT2D eigenvalue weighted by atomic mass is 32.1. The quantitative estimate of drug-likeness (QED) is 0.841. The van der Waals surface area contributed by atoms with E-state index in [9.17, 15) is 0 Å². The number of ether oxygens (including phenoxy) is 2. The molecule has 2 saturated heterocycles. The van der Waals surface area contributed by atoms with E-state index in [2.05, 4.69) is 21.3 Å². The van der Waals surface area contributed by atoms with Crippen molar-refractivity contribution in [2.45, 2.75) is 39.1 Å². The van der Waals surface area contributed by atoms with Crippen LogP contribution < -0.4 is 0 Å². The van der Waals surface area contributed by atoms with E-state index in [4.69, 9.17) is 13.9 Å². The number of furan rings is 1. The summed E-state index contributed by atoms with van der Waals surface area (Å²) in [5.74, 6) is 2.43. The Morgan fingerprint density at radius 2 is 2.26 bits per heavy atom. The van der Waals surface area contributed by atoms with Crippen LogP contribution in [0.2, 0.25) is 0 Å². The zero-order valence-corrected chi connectivity index (χ0v) is 14.3. The van der Waals surface area contributed by atoms with Crippen molar-refractivity contribution in [3.05, 3.63) is 39.7 Å². The Labute approximate surface area is 140 Å². The fourth-order valence-corrected chi connectivity index (χ4v) is 4.19. The molecular weight excluding hydrogens is 312 g/mol. The molecule has 6 heteroatoms. The van der Waals surface area contributed by atoms with Crippen LogP contribution in [0.15, 0.2) is 21.9 Å². The number of hydrogen-bond donors (Lipinski definition) is 0. The maximum atomic E-state index is 6.18. The lowest BCUT2D eigenvalue weighted by molar-refractivity contribution is 0.00722. The van der Waals surface area contributed by atoms with Gasteiger partial charge in [0.05, 0.1) is 43.2 Å². The molecule has 0 aromatic carbocycles. The lowest BCUT2D eigenvalue weighted by atomic mass is 10.0. The predicted octanol–water partition coefficient (Wildman–Crippen LogP) is 2.77. The molecule has 5 nitrogen and oxygen atoms in total. The highest BCUT2D eigenvalue weighted by Gasteiger charge is 2.46. The lowest BCUT2D eigenvalue weighted by Crippen LogP contribution is -2.32. The summed E-state index contributed by atoms with van der Waals surface area (Å²) in [7, 11) is 0. The zero-order chi connectivity index (χ0) is 15.8. The smallest absolute Gasteiger partial charge is 0.118 e. The largest absolute Gasteiger partial charge is 0.465 e. The van der Waals surface area contributed by atoms with Crippen molar-refractivity contribution in [3.63, 3.8) is 0 Å². The van der Waals surface area contributed by atoms with Crippen molar-refractivity contribution >= 4 is 11.3 Å². The Balaban J connectivity index is 1.40. The molecule has 2 aliphatic rings. The van der Waals surface area contributed by atoms with Gasteiger partial charge in [0.1, 0.15) is 11.5 Å². The number of fused-ring (bicyclic) bond motifs is 1. The van der Waals surface area contributed by atoms with Gasteiger partial charge in [-0.1, -0.05) is 0 Å². The highest BCUT2D eigenvalue weighted by molar-refractivity contribution is 7.09. The van der Waals surface area contributed by atoms with Gasteiger partial charge in [-0.3, -0.25) is 4.90 Å². The average Bonchev–Trinajstić information content (AvgIpc) is 3.25. The summed E-state index contributed by atoms with van der Waals surface area (Å²) in [4.78, 5) is 6.92. The summed E-state index contributed by atoms with van der Waals surface area (Å²) >= 11 is 1.67. The number of aryl methyl sites for hydroxylation is 2. The van der Waals surface area contributed by atoms with Gasteiger partial charge in [0.25, 0.3) is 0 Å². The fourth-order valence-electron chi connectivity index (χ4n) is 3.59. The van der Waals surface area contributed by atoms with Gasteiger partial charge >= 0.3 is 0 Å². The maximum Gasteiger partial charge on any atom is 0.118 e. The van der Waals surface area contributed by atoms with Crippen molar-refractivity contribution in [3.8, 4) is 0 Å².